The average molecular weight is 429 g/mol. The van der Waals surface area contributed by atoms with Crippen LogP contribution in [-0.4, -0.2) is 27.5 Å². The van der Waals surface area contributed by atoms with Crippen molar-refractivity contribution in [3.63, 3.8) is 0 Å². The molecule has 1 N–H and O–H groups in total. The number of benzene rings is 2. The van der Waals surface area contributed by atoms with E-state index < -0.39 is 5.97 Å². The van der Waals surface area contributed by atoms with E-state index in [-0.39, 0.29) is 5.56 Å². The predicted octanol–water partition coefficient (Wildman–Crippen LogP) is 5.03. The molecule has 2 aromatic carbocycles. The van der Waals surface area contributed by atoms with Crippen LogP contribution in [0.1, 0.15) is 41.4 Å². The highest BCUT2D eigenvalue weighted by atomic mass is 79.9. The maximum Gasteiger partial charge on any atom is 0.335 e. The lowest BCUT2D eigenvalue weighted by molar-refractivity contribution is 0.0697. The average Bonchev–Trinajstić information content (AvgIpc) is 3.29. The van der Waals surface area contributed by atoms with E-state index in [2.05, 4.69) is 34.0 Å². The van der Waals surface area contributed by atoms with Gasteiger partial charge in [-0.25, -0.2) is 4.79 Å². The first kappa shape index (κ1) is 18.0. The highest BCUT2D eigenvalue weighted by Crippen LogP contribution is 2.45. The first-order chi connectivity index (χ1) is 12.8. The van der Waals surface area contributed by atoms with Crippen LogP contribution in [-0.2, 0) is 6.54 Å². The standard InChI is InChI=1S/C21H21BrN2O3/c1-13-17-10-14(20(25)26)3-5-18(17)24(23-13)11-15-9-16(22)4-6-19(15)27-12-21(2)7-8-21/h3-6,9-10H,7-8,11-12H2,1-2H3,(H,25,26). The molecule has 0 aliphatic heterocycles. The fourth-order valence-corrected chi connectivity index (χ4v) is 3.59. The largest absolute Gasteiger partial charge is 0.493 e. The molecule has 27 heavy (non-hydrogen) atoms. The summed E-state index contributed by atoms with van der Waals surface area (Å²) in [5.74, 6) is -0.0601. The molecule has 1 saturated carbocycles. The summed E-state index contributed by atoms with van der Waals surface area (Å²) in [5.41, 5.74) is 3.36. The lowest BCUT2D eigenvalue weighted by Crippen LogP contribution is -2.11. The molecule has 5 nitrogen and oxygen atoms in total. The lowest BCUT2D eigenvalue weighted by Gasteiger charge is -2.15. The number of aryl methyl sites for hydroxylation is 1. The first-order valence-electron chi connectivity index (χ1n) is 8.96. The number of carboxylic acid groups (broad SMARTS) is 1. The minimum Gasteiger partial charge on any atom is -0.493 e. The van der Waals surface area contributed by atoms with E-state index in [1.807, 2.05) is 29.8 Å². The third-order valence-electron chi connectivity index (χ3n) is 5.20. The maximum atomic E-state index is 11.2. The Labute approximate surface area is 166 Å². The predicted molar refractivity (Wildman–Crippen MR) is 108 cm³/mol. The maximum absolute atomic E-state index is 11.2. The van der Waals surface area contributed by atoms with Gasteiger partial charge >= 0.3 is 5.97 Å². The van der Waals surface area contributed by atoms with Crippen LogP contribution >= 0.6 is 15.9 Å². The fourth-order valence-electron chi connectivity index (χ4n) is 3.18. The number of hydrogen-bond donors (Lipinski definition) is 1. The van der Waals surface area contributed by atoms with Gasteiger partial charge in [0.05, 0.1) is 29.9 Å². The van der Waals surface area contributed by atoms with E-state index in [0.29, 0.717) is 12.0 Å². The highest BCUT2D eigenvalue weighted by Gasteiger charge is 2.38. The van der Waals surface area contributed by atoms with Crippen molar-refractivity contribution in [3.8, 4) is 5.75 Å². The van der Waals surface area contributed by atoms with Gasteiger partial charge in [0, 0.05) is 20.8 Å². The molecular weight excluding hydrogens is 408 g/mol. The van der Waals surface area contributed by atoms with Crippen molar-refractivity contribution >= 4 is 32.8 Å². The van der Waals surface area contributed by atoms with Gasteiger partial charge in [-0.1, -0.05) is 22.9 Å². The van der Waals surface area contributed by atoms with Gasteiger partial charge in [-0.05, 0) is 56.2 Å². The Bertz CT molecular complexity index is 1040. The molecule has 0 spiro atoms. The van der Waals surface area contributed by atoms with Crippen molar-refractivity contribution in [3.05, 3.63) is 57.7 Å². The summed E-state index contributed by atoms with van der Waals surface area (Å²) in [5, 5.41) is 14.7. The number of aromatic nitrogens is 2. The van der Waals surface area contributed by atoms with Gasteiger partial charge in [-0.2, -0.15) is 5.10 Å². The topological polar surface area (TPSA) is 64.4 Å². The van der Waals surface area contributed by atoms with Gasteiger partial charge in [0.1, 0.15) is 5.75 Å². The second-order valence-corrected chi connectivity index (χ2v) is 8.55. The minimum absolute atomic E-state index is 0.273. The summed E-state index contributed by atoms with van der Waals surface area (Å²) >= 11 is 3.54. The Balaban J connectivity index is 1.67. The molecular formula is C21H21BrN2O3. The molecule has 140 valence electrons. The third-order valence-corrected chi connectivity index (χ3v) is 5.70. The van der Waals surface area contributed by atoms with E-state index >= 15 is 0 Å². The Kier molecular flexibility index (Phi) is 4.46. The SMILES string of the molecule is Cc1nn(Cc2cc(Br)ccc2OCC2(C)CC2)c2ccc(C(=O)O)cc12. The van der Waals surface area contributed by atoms with Crippen LogP contribution in [0.5, 0.6) is 5.75 Å². The first-order valence-corrected chi connectivity index (χ1v) is 9.76. The molecule has 1 fully saturated rings. The molecule has 1 aliphatic carbocycles. The summed E-state index contributed by atoms with van der Waals surface area (Å²) < 4.78 is 9.02. The second kappa shape index (κ2) is 6.68. The number of fused-ring (bicyclic) bond motifs is 1. The molecule has 6 heteroatoms. The molecule has 0 atom stereocenters. The van der Waals surface area contributed by atoms with E-state index in [0.717, 1.165) is 39.0 Å². The van der Waals surface area contributed by atoms with Crippen LogP contribution in [0.2, 0.25) is 0 Å². The van der Waals surface area contributed by atoms with Crippen molar-refractivity contribution in [2.45, 2.75) is 33.2 Å². The van der Waals surface area contributed by atoms with E-state index in [1.54, 1.807) is 12.1 Å². The number of rotatable bonds is 6. The fraction of sp³-hybridized carbons (Fsp3) is 0.333. The number of aromatic carboxylic acids is 1. The third kappa shape index (κ3) is 3.72. The van der Waals surface area contributed by atoms with Crippen LogP contribution in [0, 0.1) is 12.3 Å². The van der Waals surface area contributed by atoms with Crippen molar-refractivity contribution in [1.29, 1.82) is 0 Å². The van der Waals surface area contributed by atoms with Gasteiger partial charge in [0.15, 0.2) is 0 Å². The molecule has 1 heterocycles. The quantitative estimate of drug-likeness (QED) is 0.597. The minimum atomic E-state index is -0.930. The number of carboxylic acids is 1. The Morgan fingerprint density at radius 3 is 2.78 bits per heavy atom. The van der Waals surface area contributed by atoms with Crippen LogP contribution in [0.4, 0.5) is 0 Å². The van der Waals surface area contributed by atoms with Gasteiger partial charge < -0.3 is 9.84 Å². The lowest BCUT2D eigenvalue weighted by atomic mass is 10.1. The Morgan fingerprint density at radius 1 is 1.30 bits per heavy atom. The zero-order valence-electron chi connectivity index (χ0n) is 15.3. The molecule has 3 aromatic rings. The summed E-state index contributed by atoms with van der Waals surface area (Å²) in [6.45, 7) is 5.43. The van der Waals surface area contributed by atoms with Gasteiger partial charge in [0.25, 0.3) is 0 Å². The van der Waals surface area contributed by atoms with Crippen LogP contribution < -0.4 is 4.74 Å². The Hall–Kier alpha value is -2.34. The number of carbonyl (C=O) groups is 1. The molecule has 1 aliphatic rings. The van der Waals surface area contributed by atoms with Gasteiger partial charge in [-0.15, -0.1) is 0 Å². The van der Waals surface area contributed by atoms with Crippen molar-refractivity contribution in [2.24, 2.45) is 5.41 Å². The number of nitrogens with zero attached hydrogens (tertiary/aromatic N) is 2. The van der Waals surface area contributed by atoms with Crippen molar-refractivity contribution < 1.29 is 14.6 Å². The van der Waals surface area contributed by atoms with Crippen LogP contribution in [0.3, 0.4) is 0 Å². The summed E-state index contributed by atoms with van der Waals surface area (Å²) in [4.78, 5) is 11.2. The number of hydrogen-bond acceptors (Lipinski definition) is 3. The van der Waals surface area contributed by atoms with Gasteiger partial charge in [0.2, 0.25) is 0 Å². The summed E-state index contributed by atoms with van der Waals surface area (Å²) in [6.07, 6.45) is 2.43. The zero-order chi connectivity index (χ0) is 19.2. The van der Waals surface area contributed by atoms with Gasteiger partial charge in [-0.3, -0.25) is 4.68 Å². The van der Waals surface area contributed by atoms with Crippen LogP contribution in [0.15, 0.2) is 40.9 Å². The molecule has 0 amide bonds. The Morgan fingerprint density at radius 2 is 2.07 bits per heavy atom. The molecule has 4 rings (SSSR count). The van der Waals surface area contributed by atoms with Crippen molar-refractivity contribution in [2.75, 3.05) is 6.61 Å². The normalized spacial score (nSPS) is 15.1. The van der Waals surface area contributed by atoms with E-state index in [1.165, 1.54) is 12.8 Å². The smallest absolute Gasteiger partial charge is 0.335 e. The summed E-state index contributed by atoms with van der Waals surface area (Å²) in [6, 6.07) is 11.2. The molecule has 0 bridgehead atoms. The van der Waals surface area contributed by atoms with Crippen LogP contribution in [0.25, 0.3) is 10.9 Å². The highest BCUT2D eigenvalue weighted by molar-refractivity contribution is 9.10. The molecule has 1 aromatic heterocycles. The van der Waals surface area contributed by atoms with E-state index in [9.17, 15) is 9.90 Å². The monoisotopic (exact) mass is 428 g/mol. The molecule has 0 saturated heterocycles. The number of ether oxygens (including phenoxy) is 1. The van der Waals surface area contributed by atoms with E-state index in [4.69, 9.17) is 4.74 Å². The summed E-state index contributed by atoms with van der Waals surface area (Å²) in [7, 11) is 0. The second-order valence-electron chi connectivity index (χ2n) is 7.63. The van der Waals surface area contributed by atoms with Crippen molar-refractivity contribution in [1.82, 2.24) is 9.78 Å². The molecule has 0 unspecified atom stereocenters. The number of halogens is 1. The molecule has 0 radical (unpaired) electrons. The zero-order valence-corrected chi connectivity index (χ0v) is 16.9.